The lowest BCUT2D eigenvalue weighted by Gasteiger charge is -2.17. The van der Waals surface area contributed by atoms with E-state index in [1.165, 1.54) is 12.8 Å². The first-order chi connectivity index (χ1) is 10.1. The molecule has 2 amide bonds. The summed E-state index contributed by atoms with van der Waals surface area (Å²) in [5.74, 6) is 2.21. The number of nitrogens with one attached hydrogen (secondary N) is 1. The Hall–Kier alpha value is -1.59. The Bertz CT molecular complexity index is 454. The topological polar surface area (TPSA) is 71.3 Å². The summed E-state index contributed by atoms with van der Waals surface area (Å²) in [4.78, 5) is 18.0. The van der Waals surface area contributed by atoms with Gasteiger partial charge < -0.3 is 14.7 Å². The normalized spacial score (nSPS) is 16.9. The molecule has 0 aromatic carbocycles. The van der Waals surface area contributed by atoms with Crippen LogP contribution in [0.2, 0.25) is 0 Å². The van der Waals surface area contributed by atoms with Gasteiger partial charge in [-0.3, -0.25) is 0 Å². The maximum Gasteiger partial charge on any atom is 0.317 e. The van der Waals surface area contributed by atoms with Crippen LogP contribution >= 0.6 is 0 Å². The molecule has 0 radical (unpaired) electrons. The van der Waals surface area contributed by atoms with Gasteiger partial charge in [-0.25, -0.2) is 4.79 Å². The standard InChI is InChI=1S/C15H26N4O2/c1-4-11(2)9-16-15(20)19(3)10-13-17-14(21-18-13)12-7-5-6-8-12/h11-12H,4-10H2,1-3H3,(H,16,20)/t11-/m1/s1. The molecule has 0 spiro atoms. The van der Waals surface area contributed by atoms with E-state index in [9.17, 15) is 4.79 Å². The van der Waals surface area contributed by atoms with Crippen molar-refractivity contribution in [2.24, 2.45) is 5.92 Å². The molecule has 1 aliphatic carbocycles. The third-order valence-electron chi connectivity index (χ3n) is 4.21. The number of hydrogen-bond acceptors (Lipinski definition) is 4. The fourth-order valence-corrected chi connectivity index (χ4v) is 2.50. The van der Waals surface area contributed by atoms with Crippen molar-refractivity contribution < 1.29 is 9.32 Å². The summed E-state index contributed by atoms with van der Waals surface area (Å²) in [5.41, 5.74) is 0. The largest absolute Gasteiger partial charge is 0.339 e. The van der Waals surface area contributed by atoms with Crippen LogP contribution in [0.15, 0.2) is 4.52 Å². The maximum atomic E-state index is 12.0. The van der Waals surface area contributed by atoms with Crippen LogP contribution in [0, 0.1) is 5.92 Å². The van der Waals surface area contributed by atoms with Gasteiger partial charge in [0.1, 0.15) is 0 Å². The number of rotatable bonds is 6. The van der Waals surface area contributed by atoms with Crippen molar-refractivity contribution in [1.82, 2.24) is 20.4 Å². The van der Waals surface area contributed by atoms with Crippen molar-refractivity contribution in [1.29, 1.82) is 0 Å². The summed E-state index contributed by atoms with van der Waals surface area (Å²) in [6, 6.07) is -0.0949. The van der Waals surface area contributed by atoms with Crippen LogP contribution in [0.1, 0.15) is 63.6 Å². The zero-order chi connectivity index (χ0) is 15.2. The molecule has 0 bridgehead atoms. The number of aromatic nitrogens is 2. The molecular formula is C15H26N4O2. The summed E-state index contributed by atoms with van der Waals surface area (Å²) in [5, 5.41) is 6.90. The Morgan fingerprint density at radius 1 is 1.48 bits per heavy atom. The molecule has 0 aliphatic heterocycles. The number of nitrogens with zero attached hydrogens (tertiary/aromatic N) is 3. The van der Waals surface area contributed by atoms with E-state index in [0.717, 1.165) is 25.2 Å². The van der Waals surface area contributed by atoms with Gasteiger partial charge in [-0.2, -0.15) is 4.98 Å². The monoisotopic (exact) mass is 294 g/mol. The van der Waals surface area contributed by atoms with Crippen molar-refractivity contribution in [3.8, 4) is 0 Å². The third kappa shape index (κ3) is 4.44. The van der Waals surface area contributed by atoms with E-state index in [0.29, 0.717) is 30.7 Å². The summed E-state index contributed by atoms with van der Waals surface area (Å²) >= 11 is 0. The number of carbonyl (C=O) groups is 1. The van der Waals surface area contributed by atoms with Gasteiger partial charge in [0, 0.05) is 19.5 Å². The lowest BCUT2D eigenvalue weighted by Crippen LogP contribution is -2.39. The predicted molar refractivity (Wildman–Crippen MR) is 79.8 cm³/mol. The van der Waals surface area contributed by atoms with E-state index in [1.54, 1.807) is 11.9 Å². The maximum absolute atomic E-state index is 12.0. The van der Waals surface area contributed by atoms with Crippen LogP contribution in [-0.2, 0) is 6.54 Å². The molecule has 21 heavy (non-hydrogen) atoms. The molecule has 1 saturated carbocycles. The number of urea groups is 1. The van der Waals surface area contributed by atoms with Crippen molar-refractivity contribution in [2.45, 2.75) is 58.4 Å². The quantitative estimate of drug-likeness (QED) is 0.875. The van der Waals surface area contributed by atoms with Gasteiger partial charge in [0.15, 0.2) is 5.82 Å². The van der Waals surface area contributed by atoms with Crippen LogP contribution < -0.4 is 5.32 Å². The minimum atomic E-state index is -0.0949. The van der Waals surface area contributed by atoms with Crippen molar-refractivity contribution in [2.75, 3.05) is 13.6 Å². The van der Waals surface area contributed by atoms with E-state index in [1.807, 2.05) is 0 Å². The van der Waals surface area contributed by atoms with Crippen molar-refractivity contribution >= 4 is 6.03 Å². The summed E-state index contributed by atoms with van der Waals surface area (Å²) < 4.78 is 5.33. The second kappa shape index (κ2) is 7.43. The Morgan fingerprint density at radius 2 is 2.19 bits per heavy atom. The molecule has 1 aliphatic rings. The molecule has 0 saturated heterocycles. The van der Waals surface area contributed by atoms with E-state index < -0.39 is 0 Å². The summed E-state index contributed by atoms with van der Waals surface area (Å²) in [6.07, 6.45) is 5.79. The molecule has 1 aromatic heterocycles. The third-order valence-corrected chi connectivity index (χ3v) is 4.21. The van der Waals surface area contributed by atoms with Gasteiger partial charge in [-0.05, 0) is 18.8 Å². The van der Waals surface area contributed by atoms with E-state index in [4.69, 9.17) is 4.52 Å². The van der Waals surface area contributed by atoms with E-state index in [-0.39, 0.29) is 6.03 Å². The summed E-state index contributed by atoms with van der Waals surface area (Å²) in [7, 11) is 1.75. The molecule has 1 heterocycles. The molecule has 1 atom stereocenters. The van der Waals surface area contributed by atoms with Crippen LogP contribution in [0.5, 0.6) is 0 Å². The molecule has 6 heteroatoms. The molecule has 2 rings (SSSR count). The van der Waals surface area contributed by atoms with Crippen LogP contribution in [-0.4, -0.2) is 34.7 Å². The summed E-state index contributed by atoms with van der Waals surface area (Å²) in [6.45, 7) is 5.31. The van der Waals surface area contributed by atoms with Gasteiger partial charge in [-0.1, -0.05) is 38.3 Å². The predicted octanol–water partition coefficient (Wildman–Crippen LogP) is 2.91. The Labute approximate surface area is 126 Å². The van der Waals surface area contributed by atoms with Gasteiger partial charge in [0.2, 0.25) is 5.89 Å². The average molecular weight is 294 g/mol. The Balaban J connectivity index is 1.81. The zero-order valence-electron chi connectivity index (χ0n) is 13.3. The minimum absolute atomic E-state index is 0.0949. The second-order valence-corrected chi connectivity index (χ2v) is 6.09. The highest BCUT2D eigenvalue weighted by Gasteiger charge is 2.23. The lowest BCUT2D eigenvalue weighted by molar-refractivity contribution is 0.203. The average Bonchev–Trinajstić information content (AvgIpc) is 3.14. The SMILES string of the molecule is CC[C@@H](C)CNC(=O)N(C)Cc1noc(C2CCCC2)n1. The highest BCUT2D eigenvalue weighted by molar-refractivity contribution is 5.73. The fraction of sp³-hybridized carbons (Fsp3) is 0.800. The molecule has 1 aromatic rings. The van der Waals surface area contributed by atoms with Gasteiger partial charge in [0.05, 0.1) is 6.54 Å². The van der Waals surface area contributed by atoms with Crippen LogP contribution in [0.25, 0.3) is 0 Å². The zero-order valence-corrected chi connectivity index (χ0v) is 13.3. The number of hydrogen-bond donors (Lipinski definition) is 1. The first-order valence-corrected chi connectivity index (χ1v) is 7.91. The molecule has 0 unspecified atom stereocenters. The van der Waals surface area contributed by atoms with Crippen molar-refractivity contribution in [3.63, 3.8) is 0 Å². The molecule has 1 N–H and O–H groups in total. The smallest absolute Gasteiger partial charge is 0.317 e. The first kappa shape index (κ1) is 15.8. The lowest BCUT2D eigenvalue weighted by atomic mass is 10.1. The molecular weight excluding hydrogens is 268 g/mol. The highest BCUT2D eigenvalue weighted by atomic mass is 16.5. The minimum Gasteiger partial charge on any atom is -0.339 e. The van der Waals surface area contributed by atoms with E-state index >= 15 is 0 Å². The van der Waals surface area contributed by atoms with Crippen molar-refractivity contribution in [3.05, 3.63) is 11.7 Å². The second-order valence-electron chi connectivity index (χ2n) is 6.09. The first-order valence-electron chi connectivity index (χ1n) is 7.91. The van der Waals surface area contributed by atoms with Gasteiger partial charge in [-0.15, -0.1) is 0 Å². The fourth-order valence-electron chi connectivity index (χ4n) is 2.50. The Kier molecular flexibility index (Phi) is 5.59. The Morgan fingerprint density at radius 3 is 2.86 bits per heavy atom. The van der Waals surface area contributed by atoms with E-state index in [2.05, 4.69) is 29.3 Å². The highest BCUT2D eigenvalue weighted by Crippen LogP contribution is 2.32. The van der Waals surface area contributed by atoms with Crippen LogP contribution in [0.3, 0.4) is 0 Å². The van der Waals surface area contributed by atoms with Gasteiger partial charge >= 0.3 is 6.03 Å². The van der Waals surface area contributed by atoms with Gasteiger partial charge in [0.25, 0.3) is 0 Å². The molecule has 6 nitrogen and oxygen atoms in total. The van der Waals surface area contributed by atoms with Crippen LogP contribution in [0.4, 0.5) is 4.79 Å². The molecule has 1 fully saturated rings. The number of carbonyl (C=O) groups excluding carboxylic acids is 1. The number of amides is 2. The molecule has 118 valence electrons.